The summed E-state index contributed by atoms with van der Waals surface area (Å²) in [5.74, 6) is 0.939. The molecule has 0 fully saturated rings. The topological polar surface area (TPSA) is 35.2 Å². The van der Waals surface area contributed by atoms with Crippen LogP contribution in [0.5, 0.6) is 5.75 Å². The lowest BCUT2D eigenvalue weighted by Crippen LogP contribution is -2.08. The van der Waals surface area contributed by atoms with Crippen LogP contribution in [0.3, 0.4) is 0 Å². The average molecular weight is 304 g/mol. The van der Waals surface area contributed by atoms with Crippen molar-refractivity contribution in [1.29, 1.82) is 0 Å². The first kappa shape index (κ1) is 17.3. The van der Waals surface area contributed by atoms with E-state index in [1.54, 1.807) is 6.08 Å². The van der Waals surface area contributed by atoms with Gasteiger partial charge in [-0.2, -0.15) is 0 Å². The molecule has 0 bridgehead atoms. The molecule has 2 aromatic carbocycles. The SMILES string of the molecule is C=C[C@@H](N)c1cc(C)c(OCc2ccccc2)c(C)c1.Cl. The molecule has 0 spiro atoms. The van der Waals surface area contributed by atoms with E-state index in [4.69, 9.17) is 10.5 Å². The van der Waals surface area contributed by atoms with E-state index in [0.717, 1.165) is 28.0 Å². The summed E-state index contributed by atoms with van der Waals surface area (Å²) < 4.78 is 5.96. The highest BCUT2D eigenvalue weighted by atomic mass is 35.5. The molecule has 2 nitrogen and oxygen atoms in total. The number of ether oxygens (including phenoxy) is 1. The molecule has 21 heavy (non-hydrogen) atoms. The monoisotopic (exact) mass is 303 g/mol. The predicted molar refractivity (Wildman–Crippen MR) is 91.1 cm³/mol. The van der Waals surface area contributed by atoms with Gasteiger partial charge in [-0.15, -0.1) is 19.0 Å². The maximum Gasteiger partial charge on any atom is 0.125 e. The van der Waals surface area contributed by atoms with Gasteiger partial charge in [0.05, 0.1) is 0 Å². The van der Waals surface area contributed by atoms with Crippen molar-refractivity contribution in [3.63, 3.8) is 0 Å². The molecule has 0 unspecified atom stereocenters. The molecule has 0 heterocycles. The lowest BCUT2D eigenvalue weighted by atomic mass is 10.0. The summed E-state index contributed by atoms with van der Waals surface area (Å²) >= 11 is 0. The molecule has 2 aromatic rings. The third-order valence-electron chi connectivity index (χ3n) is 3.35. The molecule has 0 aliphatic heterocycles. The number of aryl methyl sites for hydroxylation is 2. The van der Waals surface area contributed by atoms with Crippen molar-refractivity contribution in [1.82, 2.24) is 0 Å². The van der Waals surface area contributed by atoms with Gasteiger partial charge in [0.1, 0.15) is 12.4 Å². The Balaban J connectivity index is 0.00000220. The molecule has 0 amide bonds. The second-order valence-electron chi connectivity index (χ2n) is 5.02. The maximum atomic E-state index is 5.99. The minimum atomic E-state index is -0.129. The smallest absolute Gasteiger partial charge is 0.125 e. The zero-order valence-corrected chi connectivity index (χ0v) is 13.3. The quantitative estimate of drug-likeness (QED) is 0.826. The summed E-state index contributed by atoms with van der Waals surface area (Å²) in [4.78, 5) is 0. The van der Waals surface area contributed by atoms with Gasteiger partial charge < -0.3 is 10.5 Å². The van der Waals surface area contributed by atoms with Crippen molar-refractivity contribution in [3.8, 4) is 5.75 Å². The molecule has 2 rings (SSSR count). The third-order valence-corrected chi connectivity index (χ3v) is 3.35. The first-order valence-electron chi connectivity index (χ1n) is 6.78. The molecular weight excluding hydrogens is 282 g/mol. The van der Waals surface area contributed by atoms with Gasteiger partial charge >= 0.3 is 0 Å². The van der Waals surface area contributed by atoms with Gasteiger partial charge in [0, 0.05) is 6.04 Å². The molecule has 3 heteroatoms. The summed E-state index contributed by atoms with van der Waals surface area (Å²) in [5, 5.41) is 0. The Kier molecular flexibility index (Phi) is 6.47. The van der Waals surface area contributed by atoms with Crippen LogP contribution in [-0.2, 0) is 6.61 Å². The lowest BCUT2D eigenvalue weighted by Gasteiger charge is -2.16. The fraction of sp³-hybridized carbons (Fsp3) is 0.222. The highest BCUT2D eigenvalue weighted by molar-refractivity contribution is 5.85. The molecule has 0 aliphatic carbocycles. The predicted octanol–water partition coefficient (Wildman–Crippen LogP) is 4.49. The Bertz CT molecular complexity index is 572. The van der Waals surface area contributed by atoms with Gasteiger partial charge in [-0.25, -0.2) is 0 Å². The summed E-state index contributed by atoms with van der Waals surface area (Å²) in [6.45, 7) is 8.41. The molecule has 0 saturated carbocycles. The minimum Gasteiger partial charge on any atom is -0.488 e. The highest BCUT2D eigenvalue weighted by Crippen LogP contribution is 2.28. The highest BCUT2D eigenvalue weighted by Gasteiger charge is 2.09. The van der Waals surface area contributed by atoms with E-state index in [1.165, 1.54) is 0 Å². The van der Waals surface area contributed by atoms with Crippen LogP contribution in [0.15, 0.2) is 55.1 Å². The van der Waals surface area contributed by atoms with Crippen LogP contribution >= 0.6 is 12.4 Å². The van der Waals surface area contributed by atoms with Gasteiger partial charge in [0.25, 0.3) is 0 Å². The van der Waals surface area contributed by atoms with Crippen LogP contribution < -0.4 is 10.5 Å². The molecule has 0 aliphatic rings. The summed E-state index contributed by atoms with van der Waals surface area (Å²) in [6, 6.07) is 14.2. The van der Waals surface area contributed by atoms with Gasteiger partial charge in [0.15, 0.2) is 0 Å². The number of benzene rings is 2. The summed E-state index contributed by atoms with van der Waals surface area (Å²) in [5.41, 5.74) is 10.4. The van der Waals surface area contributed by atoms with Gasteiger partial charge in [0.2, 0.25) is 0 Å². The van der Waals surface area contributed by atoms with E-state index < -0.39 is 0 Å². The van der Waals surface area contributed by atoms with Crippen molar-refractivity contribution < 1.29 is 4.74 Å². The van der Waals surface area contributed by atoms with E-state index in [9.17, 15) is 0 Å². The molecule has 0 saturated heterocycles. The Labute approximate surface area is 133 Å². The second kappa shape index (κ2) is 7.87. The number of halogens is 1. The minimum absolute atomic E-state index is 0. The number of hydrogen-bond donors (Lipinski definition) is 1. The molecule has 0 aromatic heterocycles. The van der Waals surface area contributed by atoms with E-state index in [2.05, 4.69) is 30.8 Å². The van der Waals surface area contributed by atoms with E-state index in [1.807, 2.05) is 32.0 Å². The molecule has 1 atom stereocenters. The van der Waals surface area contributed by atoms with Crippen molar-refractivity contribution >= 4 is 12.4 Å². The van der Waals surface area contributed by atoms with Crippen LogP contribution in [0.1, 0.15) is 28.3 Å². The fourth-order valence-electron chi connectivity index (χ4n) is 2.27. The zero-order chi connectivity index (χ0) is 14.5. The summed E-state index contributed by atoms with van der Waals surface area (Å²) in [7, 11) is 0. The first-order valence-corrected chi connectivity index (χ1v) is 6.78. The average Bonchev–Trinajstić information content (AvgIpc) is 2.46. The summed E-state index contributed by atoms with van der Waals surface area (Å²) in [6.07, 6.45) is 1.75. The number of hydrogen-bond acceptors (Lipinski definition) is 2. The Morgan fingerprint density at radius 2 is 1.71 bits per heavy atom. The van der Waals surface area contributed by atoms with E-state index >= 15 is 0 Å². The Morgan fingerprint density at radius 1 is 1.14 bits per heavy atom. The van der Waals surface area contributed by atoms with Gasteiger partial charge in [-0.3, -0.25) is 0 Å². The lowest BCUT2D eigenvalue weighted by molar-refractivity contribution is 0.302. The first-order chi connectivity index (χ1) is 9.61. The second-order valence-corrected chi connectivity index (χ2v) is 5.02. The molecule has 0 radical (unpaired) electrons. The Morgan fingerprint density at radius 3 is 2.24 bits per heavy atom. The van der Waals surface area contributed by atoms with Crippen LogP contribution in [0.25, 0.3) is 0 Å². The van der Waals surface area contributed by atoms with Gasteiger partial charge in [-0.1, -0.05) is 48.5 Å². The largest absolute Gasteiger partial charge is 0.488 e. The van der Waals surface area contributed by atoms with Crippen molar-refractivity contribution in [2.45, 2.75) is 26.5 Å². The van der Waals surface area contributed by atoms with Crippen LogP contribution in [0, 0.1) is 13.8 Å². The van der Waals surface area contributed by atoms with Crippen LogP contribution in [0.2, 0.25) is 0 Å². The van der Waals surface area contributed by atoms with Crippen LogP contribution in [-0.4, -0.2) is 0 Å². The standard InChI is InChI=1S/C18H21NO.ClH/c1-4-17(19)16-10-13(2)18(14(3)11-16)20-12-15-8-6-5-7-9-15;/h4-11,17H,1,12,19H2,2-3H3;1H/t17-;/m1./s1. The normalized spacial score (nSPS) is 11.4. The Hall–Kier alpha value is -1.77. The van der Waals surface area contributed by atoms with E-state index in [0.29, 0.717) is 6.61 Å². The number of rotatable bonds is 5. The van der Waals surface area contributed by atoms with Gasteiger partial charge in [-0.05, 0) is 36.1 Å². The maximum absolute atomic E-state index is 5.99. The van der Waals surface area contributed by atoms with Crippen LogP contribution in [0.4, 0.5) is 0 Å². The van der Waals surface area contributed by atoms with Crippen molar-refractivity contribution in [2.24, 2.45) is 5.73 Å². The van der Waals surface area contributed by atoms with E-state index in [-0.39, 0.29) is 18.4 Å². The van der Waals surface area contributed by atoms with Crippen molar-refractivity contribution in [3.05, 3.63) is 77.4 Å². The zero-order valence-electron chi connectivity index (χ0n) is 12.5. The fourth-order valence-corrected chi connectivity index (χ4v) is 2.27. The van der Waals surface area contributed by atoms with Crippen molar-refractivity contribution in [2.75, 3.05) is 0 Å². The molecular formula is C18H22ClNO. The third kappa shape index (κ3) is 4.35. The molecule has 2 N–H and O–H groups in total. The molecule has 112 valence electrons. The number of nitrogens with two attached hydrogens (primary N) is 1.